The molecule has 0 fully saturated rings. The molecule has 3 N–H and O–H groups in total. The number of nitrogens with one attached hydrogen (secondary N) is 1. The van der Waals surface area contributed by atoms with Crippen molar-refractivity contribution in [1.82, 2.24) is 5.32 Å². The third kappa shape index (κ3) is 6.31. The van der Waals surface area contributed by atoms with Gasteiger partial charge in [-0.1, -0.05) is 6.07 Å². The lowest BCUT2D eigenvalue weighted by Gasteiger charge is -2.09. The predicted octanol–water partition coefficient (Wildman–Crippen LogP) is 1.96. The fraction of sp³-hybridized carbons (Fsp3) is 0.438. The smallest absolute Gasteiger partial charge is 0.243 e. The Hall–Kier alpha value is -2.01. The predicted molar refractivity (Wildman–Crippen MR) is 84.5 cm³/mol. The van der Waals surface area contributed by atoms with Crippen molar-refractivity contribution in [2.24, 2.45) is 5.73 Å². The highest BCUT2D eigenvalue weighted by Crippen LogP contribution is 2.28. The average Bonchev–Trinajstić information content (AvgIpc) is 2.50. The molecule has 5 nitrogen and oxygen atoms in total. The first-order chi connectivity index (χ1) is 10.2. The fourth-order valence-electron chi connectivity index (χ4n) is 1.77. The number of methoxy groups -OCH3 is 1. The molecule has 5 heteroatoms. The van der Waals surface area contributed by atoms with Gasteiger partial charge >= 0.3 is 0 Å². The largest absolute Gasteiger partial charge is 0.493 e. The first-order valence-corrected chi connectivity index (χ1v) is 7.18. The molecule has 1 amide bonds. The maximum Gasteiger partial charge on any atom is 0.243 e. The minimum absolute atomic E-state index is 0.111. The second-order valence-corrected chi connectivity index (χ2v) is 4.46. The number of carbonyl (C=O) groups excluding carboxylic acids is 1. The van der Waals surface area contributed by atoms with Crippen LogP contribution in [0.5, 0.6) is 11.5 Å². The van der Waals surface area contributed by atoms with E-state index in [-0.39, 0.29) is 5.91 Å². The molecule has 0 aliphatic carbocycles. The molecular weight excluding hydrogens is 268 g/mol. The molecule has 0 radical (unpaired) electrons. The SMILES string of the molecule is CCOc1ccc(/C=C/C(=O)NCCCCN)cc1OC. The second-order valence-electron chi connectivity index (χ2n) is 4.46. The van der Waals surface area contributed by atoms with Gasteiger partial charge in [-0.3, -0.25) is 4.79 Å². The molecule has 1 aromatic rings. The minimum atomic E-state index is -0.111. The Kier molecular flexibility index (Phi) is 7.97. The molecule has 0 bridgehead atoms. The van der Waals surface area contributed by atoms with Crippen LogP contribution in [0.15, 0.2) is 24.3 Å². The molecule has 0 atom stereocenters. The van der Waals surface area contributed by atoms with E-state index in [1.165, 1.54) is 6.08 Å². The molecule has 116 valence electrons. The van der Waals surface area contributed by atoms with Gasteiger partial charge in [0, 0.05) is 12.6 Å². The number of nitrogens with two attached hydrogens (primary N) is 1. The van der Waals surface area contributed by atoms with E-state index in [2.05, 4.69) is 5.32 Å². The lowest BCUT2D eigenvalue weighted by Crippen LogP contribution is -2.22. The van der Waals surface area contributed by atoms with Crippen LogP contribution in [0.25, 0.3) is 6.08 Å². The number of hydrogen-bond donors (Lipinski definition) is 2. The third-order valence-electron chi connectivity index (χ3n) is 2.84. The van der Waals surface area contributed by atoms with Gasteiger partial charge in [-0.15, -0.1) is 0 Å². The Morgan fingerprint density at radius 3 is 2.81 bits per heavy atom. The third-order valence-corrected chi connectivity index (χ3v) is 2.84. The lowest BCUT2D eigenvalue weighted by molar-refractivity contribution is -0.116. The quantitative estimate of drug-likeness (QED) is 0.539. The molecule has 0 unspecified atom stereocenters. The average molecular weight is 292 g/mol. The molecule has 21 heavy (non-hydrogen) atoms. The molecule has 0 spiro atoms. The molecular formula is C16H24N2O3. The second kappa shape index (κ2) is 9.83. The van der Waals surface area contributed by atoms with Crippen molar-refractivity contribution in [3.63, 3.8) is 0 Å². The minimum Gasteiger partial charge on any atom is -0.493 e. The van der Waals surface area contributed by atoms with Crippen LogP contribution in [0, 0.1) is 0 Å². The van der Waals surface area contributed by atoms with Crippen molar-refractivity contribution in [2.45, 2.75) is 19.8 Å². The molecule has 1 rings (SSSR count). The Bertz CT molecular complexity index is 473. The van der Waals surface area contributed by atoms with Crippen molar-refractivity contribution in [3.8, 4) is 11.5 Å². The summed E-state index contributed by atoms with van der Waals surface area (Å²) in [6.45, 7) is 3.80. The maximum absolute atomic E-state index is 11.6. The highest BCUT2D eigenvalue weighted by Gasteiger charge is 2.04. The lowest BCUT2D eigenvalue weighted by atomic mass is 10.2. The maximum atomic E-state index is 11.6. The number of carbonyl (C=O) groups is 1. The van der Waals surface area contributed by atoms with Crippen LogP contribution in [0.3, 0.4) is 0 Å². The Balaban J connectivity index is 2.57. The monoisotopic (exact) mass is 292 g/mol. The molecule has 0 saturated carbocycles. The van der Waals surface area contributed by atoms with Crippen molar-refractivity contribution < 1.29 is 14.3 Å². The number of unbranched alkanes of at least 4 members (excludes halogenated alkanes) is 1. The van der Waals surface area contributed by atoms with E-state index in [0.29, 0.717) is 31.2 Å². The van der Waals surface area contributed by atoms with Crippen LogP contribution in [0.4, 0.5) is 0 Å². The van der Waals surface area contributed by atoms with Crippen molar-refractivity contribution in [3.05, 3.63) is 29.8 Å². The molecule has 0 aromatic heterocycles. The number of amides is 1. The van der Waals surface area contributed by atoms with E-state index in [0.717, 1.165) is 18.4 Å². The number of ether oxygens (including phenoxy) is 2. The van der Waals surface area contributed by atoms with E-state index < -0.39 is 0 Å². The van der Waals surface area contributed by atoms with E-state index >= 15 is 0 Å². The van der Waals surface area contributed by atoms with Crippen LogP contribution >= 0.6 is 0 Å². The summed E-state index contributed by atoms with van der Waals surface area (Å²) in [5.41, 5.74) is 6.27. The Morgan fingerprint density at radius 2 is 2.14 bits per heavy atom. The number of benzene rings is 1. The van der Waals surface area contributed by atoms with Crippen LogP contribution in [0.2, 0.25) is 0 Å². The van der Waals surface area contributed by atoms with Gasteiger partial charge in [-0.25, -0.2) is 0 Å². The van der Waals surface area contributed by atoms with Gasteiger partial charge in [-0.2, -0.15) is 0 Å². The van der Waals surface area contributed by atoms with Crippen LogP contribution in [-0.2, 0) is 4.79 Å². The summed E-state index contributed by atoms with van der Waals surface area (Å²) in [5.74, 6) is 1.24. The zero-order chi connectivity index (χ0) is 15.5. The van der Waals surface area contributed by atoms with E-state index in [1.54, 1.807) is 13.2 Å². The van der Waals surface area contributed by atoms with Gasteiger partial charge in [0.1, 0.15) is 0 Å². The summed E-state index contributed by atoms with van der Waals surface area (Å²) < 4.78 is 10.7. The van der Waals surface area contributed by atoms with E-state index in [9.17, 15) is 4.79 Å². The van der Waals surface area contributed by atoms with Gasteiger partial charge in [0.25, 0.3) is 0 Å². The van der Waals surface area contributed by atoms with Crippen LogP contribution in [0.1, 0.15) is 25.3 Å². The summed E-state index contributed by atoms with van der Waals surface area (Å²) in [7, 11) is 1.59. The van der Waals surface area contributed by atoms with Crippen molar-refractivity contribution >= 4 is 12.0 Å². The molecule has 0 heterocycles. The summed E-state index contributed by atoms with van der Waals surface area (Å²) in [4.78, 5) is 11.6. The number of hydrogen-bond acceptors (Lipinski definition) is 4. The summed E-state index contributed by atoms with van der Waals surface area (Å²) in [6.07, 6.45) is 5.07. The molecule has 0 saturated heterocycles. The molecule has 0 aliphatic heterocycles. The number of rotatable bonds is 9. The molecule has 1 aromatic carbocycles. The first kappa shape index (κ1) is 17.0. The van der Waals surface area contributed by atoms with Crippen molar-refractivity contribution in [1.29, 1.82) is 0 Å². The summed E-state index contributed by atoms with van der Waals surface area (Å²) in [5, 5.41) is 2.81. The van der Waals surface area contributed by atoms with Gasteiger partial charge in [0.15, 0.2) is 11.5 Å². The highest BCUT2D eigenvalue weighted by atomic mass is 16.5. The van der Waals surface area contributed by atoms with Gasteiger partial charge in [-0.05, 0) is 50.1 Å². The summed E-state index contributed by atoms with van der Waals surface area (Å²) in [6, 6.07) is 5.55. The molecule has 0 aliphatic rings. The van der Waals surface area contributed by atoms with Crippen LogP contribution < -0.4 is 20.5 Å². The van der Waals surface area contributed by atoms with Gasteiger partial charge in [0.05, 0.1) is 13.7 Å². The van der Waals surface area contributed by atoms with E-state index in [1.807, 2.05) is 25.1 Å². The topological polar surface area (TPSA) is 73.6 Å². The van der Waals surface area contributed by atoms with E-state index in [4.69, 9.17) is 15.2 Å². The fourth-order valence-corrected chi connectivity index (χ4v) is 1.77. The zero-order valence-corrected chi connectivity index (χ0v) is 12.7. The van der Waals surface area contributed by atoms with Gasteiger partial charge < -0.3 is 20.5 Å². The standard InChI is InChI=1S/C16H24N2O3/c1-3-21-14-8-6-13(12-15(14)20-2)7-9-16(19)18-11-5-4-10-17/h6-9,12H,3-5,10-11,17H2,1-2H3,(H,18,19)/b9-7+. The van der Waals surface area contributed by atoms with Crippen molar-refractivity contribution in [2.75, 3.05) is 26.8 Å². The first-order valence-electron chi connectivity index (χ1n) is 7.18. The normalized spacial score (nSPS) is 10.6. The Labute approximate surface area is 126 Å². The summed E-state index contributed by atoms with van der Waals surface area (Å²) >= 11 is 0. The Morgan fingerprint density at radius 1 is 1.33 bits per heavy atom. The van der Waals surface area contributed by atoms with Gasteiger partial charge in [0.2, 0.25) is 5.91 Å². The van der Waals surface area contributed by atoms with Crippen LogP contribution in [-0.4, -0.2) is 32.7 Å². The zero-order valence-electron chi connectivity index (χ0n) is 12.7. The highest BCUT2D eigenvalue weighted by molar-refractivity contribution is 5.91.